The SMILES string of the molecule is C[C@H](CCCS(=O)(=O)O)[C@H]1CCC2C3C(O)C[C@@H]4C[C@H](O)CC[C@]4(C)C3CC[C@@]21C. The molecule has 4 aliphatic carbocycles. The molecule has 4 saturated carbocycles. The minimum atomic E-state index is -3.88. The summed E-state index contributed by atoms with van der Waals surface area (Å²) >= 11 is 0. The van der Waals surface area contributed by atoms with Crippen molar-refractivity contribution < 1.29 is 23.2 Å². The second kappa shape index (κ2) is 8.00. The van der Waals surface area contributed by atoms with E-state index in [2.05, 4.69) is 20.8 Å². The molecule has 0 aromatic heterocycles. The van der Waals surface area contributed by atoms with E-state index in [9.17, 15) is 18.6 Å². The predicted octanol–water partition coefficient (Wildman–Crippen LogP) is 4.28. The first-order valence-electron chi connectivity index (χ1n) is 12.3. The van der Waals surface area contributed by atoms with E-state index in [0.717, 1.165) is 32.1 Å². The lowest BCUT2D eigenvalue weighted by Gasteiger charge is -2.62. The van der Waals surface area contributed by atoms with Gasteiger partial charge in [-0.15, -0.1) is 0 Å². The van der Waals surface area contributed by atoms with Crippen LogP contribution in [0.4, 0.5) is 0 Å². The Hall–Kier alpha value is -0.170. The third kappa shape index (κ3) is 3.88. The van der Waals surface area contributed by atoms with E-state index in [0.29, 0.717) is 41.9 Å². The number of aliphatic hydroxyl groups is 2. The summed E-state index contributed by atoms with van der Waals surface area (Å²) in [6.45, 7) is 7.14. The van der Waals surface area contributed by atoms with E-state index < -0.39 is 10.1 Å². The van der Waals surface area contributed by atoms with Gasteiger partial charge in [0.25, 0.3) is 10.1 Å². The van der Waals surface area contributed by atoms with Crippen molar-refractivity contribution in [3.63, 3.8) is 0 Å². The van der Waals surface area contributed by atoms with Gasteiger partial charge < -0.3 is 10.2 Å². The fraction of sp³-hybridized carbons (Fsp3) is 1.00. The van der Waals surface area contributed by atoms with Gasteiger partial charge in [-0.3, -0.25) is 4.55 Å². The number of rotatable bonds is 5. The fourth-order valence-electron chi connectivity index (χ4n) is 8.96. The highest BCUT2D eigenvalue weighted by molar-refractivity contribution is 7.85. The van der Waals surface area contributed by atoms with Crippen molar-refractivity contribution in [2.24, 2.45) is 46.3 Å². The van der Waals surface area contributed by atoms with Gasteiger partial charge in [-0.2, -0.15) is 8.42 Å². The highest BCUT2D eigenvalue weighted by atomic mass is 32.2. The highest BCUT2D eigenvalue weighted by Gasteiger charge is 2.62. The molecule has 0 spiro atoms. The monoisotopic (exact) mass is 442 g/mol. The molecule has 0 amide bonds. The van der Waals surface area contributed by atoms with Crippen molar-refractivity contribution in [3.05, 3.63) is 0 Å². The second-order valence-corrected chi connectivity index (χ2v) is 13.4. The molecule has 0 heterocycles. The van der Waals surface area contributed by atoms with Crippen LogP contribution in [0.1, 0.15) is 85.0 Å². The van der Waals surface area contributed by atoms with E-state index in [1.165, 1.54) is 25.7 Å². The average molecular weight is 443 g/mol. The summed E-state index contributed by atoms with van der Waals surface area (Å²) in [6, 6.07) is 0. The van der Waals surface area contributed by atoms with E-state index in [-0.39, 0.29) is 28.8 Å². The molecule has 0 aromatic carbocycles. The maximum atomic E-state index is 11.3. The topological polar surface area (TPSA) is 94.8 Å². The molecular weight excluding hydrogens is 400 g/mol. The van der Waals surface area contributed by atoms with Gasteiger partial charge in [-0.1, -0.05) is 20.8 Å². The minimum absolute atomic E-state index is 0.140. The molecule has 4 aliphatic rings. The van der Waals surface area contributed by atoms with Gasteiger partial charge in [0.2, 0.25) is 0 Å². The normalized spacial score (nSPS) is 49.7. The van der Waals surface area contributed by atoms with E-state index >= 15 is 0 Å². The molecule has 3 N–H and O–H groups in total. The van der Waals surface area contributed by atoms with Gasteiger partial charge >= 0.3 is 0 Å². The van der Waals surface area contributed by atoms with Crippen LogP contribution in [0.3, 0.4) is 0 Å². The van der Waals surface area contributed by atoms with Crippen LogP contribution in [0.2, 0.25) is 0 Å². The minimum Gasteiger partial charge on any atom is -0.393 e. The van der Waals surface area contributed by atoms with Crippen LogP contribution < -0.4 is 0 Å². The third-order valence-electron chi connectivity index (χ3n) is 10.5. The van der Waals surface area contributed by atoms with Gasteiger partial charge in [0, 0.05) is 0 Å². The van der Waals surface area contributed by atoms with Gasteiger partial charge in [0.15, 0.2) is 0 Å². The molecule has 174 valence electrons. The lowest BCUT2D eigenvalue weighted by molar-refractivity contribution is -0.174. The van der Waals surface area contributed by atoms with Crippen molar-refractivity contribution in [3.8, 4) is 0 Å². The van der Waals surface area contributed by atoms with Crippen LogP contribution in [0.5, 0.6) is 0 Å². The predicted molar refractivity (Wildman–Crippen MR) is 117 cm³/mol. The van der Waals surface area contributed by atoms with Gasteiger partial charge in [0.05, 0.1) is 18.0 Å². The molecule has 0 aromatic rings. The zero-order valence-corrected chi connectivity index (χ0v) is 19.8. The van der Waals surface area contributed by atoms with Crippen LogP contribution in [-0.4, -0.2) is 41.1 Å². The Bertz CT molecular complexity index is 738. The Morgan fingerprint density at radius 2 is 1.63 bits per heavy atom. The molecule has 4 rings (SSSR count). The standard InChI is InChI=1S/C24H42O5S/c1-15(5-4-12-30(27,28)29)18-6-7-19-22-20(9-11-24(18,19)3)23(2)10-8-17(25)13-16(23)14-21(22)26/h15-22,25-26H,4-14H2,1-3H3,(H,27,28,29)/t15-,16+,17-,18-,19?,20?,21?,22?,23+,24-/m1/s1. The summed E-state index contributed by atoms with van der Waals surface area (Å²) in [6.07, 6.45) is 9.31. The Balaban J connectivity index is 1.50. The highest BCUT2D eigenvalue weighted by Crippen LogP contribution is 2.68. The molecule has 4 unspecified atom stereocenters. The van der Waals surface area contributed by atoms with E-state index in [1.54, 1.807) is 0 Å². The molecular formula is C24H42O5S. The molecule has 0 bridgehead atoms. The molecule has 6 heteroatoms. The van der Waals surface area contributed by atoms with Gasteiger partial charge in [-0.25, -0.2) is 0 Å². The maximum absolute atomic E-state index is 11.3. The van der Waals surface area contributed by atoms with Crippen LogP contribution in [0, 0.1) is 46.3 Å². The summed E-state index contributed by atoms with van der Waals surface area (Å²) in [5.41, 5.74) is 0.473. The van der Waals surface area contributed by atoms with E-state index in [4.69, 9.17) is 4.55 Å². The molecule has 4 fully saturated rings. The zero-order chi connectivity index (χ0) is 21.9. The summed E-state index contributed by atoms with van der Waals surface area (Å²) in [4.78, 5) is 0. The quantitative estimate of drug-likeness (QED) is 0.552. The van der Waals surface area contributed by atoms with Crippen molar-refractivity contribution in [2.75, 3.05) is 5.75 Å². The lowest BCUT2D eigenvalue weighted by Crippen LogP contribution is -2.58. The van der Waals surface area contributed by atoms with Crippen LogP contribution in [-0.2, 0) is 10.1 Å². The molecule has 0 aliphatic heterocycles. The van der Waals surface area contributed by atoms with Crippen LogP contribution in [0.15, 0.2) is 0 Å². The molecule has 10 atom stereocenters. The maximum Gasteiger partial charge on any atom is 0.264 e. The van der Waals surface area contributed by atoms with Crippen LogP contribution in [0.25, 0.3) is 0 Å². The smallest absolute Gasteiger partial charge is 0.264 e. The average Bonchev–Trinajstić information content (AvgIpc) is 2.99. The zero-order valence-electron chi connectivity index (χ0n) is 19.0. The summed E-state index contributed by atoms with van der Waals surface area (Å²) < 4.78 is 31.2. The van der Waals surface area contributed by atoms with Crippen molar-refractivity contribution in [1.82, 2.24) is 0 Å². The lowest BCUT2D eigenvalue weighted by atomic mass is 9.43. The largest absolute Gasteiger partial charge is 0.393 e. The van der Waals surface area contributed by atoms with Crippen molar-refractivity contribution >= 4 is 10.1 Å². The second-order valence-electron chi connectivity index (χ2n) is 11.9. The first kappa shape index (κ1) is 23.0. The molecule has 30 heavy (non-hydrogen) atoms. The summed E-state index contributed by atoms with van der Waals surface area (Å²) in [5, 5.41) is 21.5. The number of fused-ring (bicyclic) bond motifs is 5. The first-order valence-corrected chi connectivity index (χ1v) is 13.9. The Labute approximate surface area is 182 Å². The van der Waals surface area contributed by atoms with Gasteiger partial charge in [0.1, 0.15) is 0 Å². The first-order chi connectivity index (χ1) is 14.0. The number of hydrogen-bond donors (Lipinski definition) is 3. The van der Waals surface area contributed by atoms with E-state index in [1.807, 2.05) is 0 Å². The Morgan fingerprint density at radius 3 is 2.33 bits per heavy atom. The third-order valence-corrected chi connectivity index (χ3v) is 11.3. The van der Waals surface area contributed by atoms with Crippen molar-refractivity contribution in [1.29, 1.82) is 0 Å². The van der Waals surface area contributed by atoms with Gasteiger partial charge in [-0.05, 0) is 111 Å². The molecule has 0 radical (unpaired) electrons. The Morgan fingerprint density at radius 1 is 0.967 bits per heavy atom. The summed E-state index contributed by atoms with van der Waals surface area (Å²) in [7, 11) is -3.88. The van der Waals surface area contributed by atoms with Crippen molar-refractivity contribution in [2.45, 2.75) is 97.2 Å². The Kier molecular flexibility index (Phi) is 6.13. The number of hydrogen-bond acceptors (Lipinski definition) is 4. The molecule has 0 saturated heterocycles. The van der Waals surface area contributed by atoms with Crippen LogP contribution >= 0.6 is 0 Å². The molecule has 5 nitrogen and oxygen atoms in total. The summed E-state index contributed by atoms with van der Waals surface area (Å²) in [5.74, 6) is 2.78. The fourth-order valence-corrected chi connectivity index (χ4v) is 9.50. The number of aliphatic hydroxyl groups excluding tert-OH is 2.